The molecule has 0 spiro atoms. The summed E-state index contributed by atoms with van der Waals surface area (Å²) in [6.07, 6.45) is 0.929. The van der Waals surface area contributed by atoms with Gasteiger partial charge in [0.1, 0.15) is 11.8 Å². The highest BCUT2D eigenvalue weighted by atomic mass is 32.2. The SMILES string of the molecule is Cc1cc(NC(=O)CCN(c2ccccc2C#N)S(C)(=O)=O)no1. The minimum Gasteiger partial charge on any atom is -0.360 e. The Morgan fingerprint density at radius 2 is 2.12 bits per heavy atom. The van der Waals surface area contributed by atoms with E-state index < -0.39 is 15.9 Å². The van der Waals surface area contributed by atoms with E-state index in [1.165, 1.54) is 12.1 Å². The van der Waals surface area contributed by atoms with Gasteiger partial charge in [0.25, 0.3) is 0 Å². The number of anilines is 2. The normalized spacial score (nSPS) is 10.9. The number of hydrogen-bond acceptors (Lipinski definition) is 6. The Morgan fingerprint density at radius 1 is 1.42 bits per heavy atom. The van der Waals surface area contributed by atoms with Crippen LogP contribution in [0.15, 0.2) is 34.9 Å². The lowest BCUT2D eigenvalue weighted by Gasteiger charge is -2.22. The molecule has 0 fully saturated rings. The molecule has 1 aromatic heterocycles. The van der Waals surface area contributed by atoms with E-state index in [2.05, 4.69) is 10.5 Å². The van der Waals surface area contributed by atoms with E-state index in [1.54, 1.807) is 25.1 Å². The molecular formula is C15H16N4O4S. The molecule has 0 aliphatic rings. The minimum atomic E-state index is -3.65. The maximum Gasteiger partial charge on any atom is 0.232 e. The molecule has 0 saturated carbocycles. The molecule has 1 N–H and O–H groups in total. The molecule has 2 aromatic rings. The first-order valence-electron chi connectivity index (χ1n) is 7.01. The molecule has 126 valence electrons. The zero-order valence-corrected chi connectivity index (χ0v) is 14.0. The van der Waals surface area contributed by atoms with E-state index in [4.69, 9.17) is 9.78 Å². The lowest BCUT2D eigenvalue weighted by molar-refractivity contribution is -0.116. The van der Waals surface area contributed by atoms with E-state index in [-0.39, 0.29) is 30.0 Å². The highest BCUT2D eigenvalue weighted by Gasteiger charge is 2.21. The largest absolute Gasteiger partial charge is 0.360 e. The van der Waals surface area contributed by atoms with Crippen molar-refractivity contribution in [1.29, 1.82) is 5.26 Å². The van der Waals surface area contributed by atoms with Crippen LogP contribution in [0.1, 0.15) is 17.7 Å². The monoisotopic (exact) mass is 348 g/mol. The van der Waals surface area contributed by atoms with Crippen molar-refractivity contribution in [3.8, 4) is 6.07 Å². The molecule has 2 rings (SSSR count). The number of aromatic nitrogens is 1. The number of nitrogens with one attached hydrogen (secondary N) is 1. The number of benzene rings is 1. The fourth-order valence-corrected chi connectivity index (χ4v) is 3.02. The van der Waals surface area contributed by atoms with Crippen molar-refractivity contribution in [1.82, 2.24) is 5.16 Å². The first-order chi connectivity index (χ1) is 11.3. The minimum absolute atomic E-state index is 0.0970. The van der Waals surface area contributed by atoms with Gasteiger partial charge in [0.2, 0.25) is 15.9 Å². The zero-order valence-electron chi connectivity index (χ0n) is 13.2. The summed E-state index contributed by atoms with van der Waals surface area (Å²) in [5.74, 6) is 0.401. The second-order valence-corrected chi connectivity index (χ2v) is 6.99. The zero-order chi connectivity index (χ0) is 17.7. The summed E-state index contributed by atoms with van der Waals surface area (Å²) >= 11 is 0. The van der Waals surface area contributed by atoms with Crippen LogP contribution in [0.5, 0.6) is 0 Å². The van der Waals surface area contributed by atoms with Crippen LogP contribution < -0.4 is 9.62 Å². The molecule has 8 nitrogen and oxygen atoms in total. The number of carbonyl (C=O) groups is 1. The summed E-state index contributed by atoms with van der Waals surface area (Å²) in [7, 11) is -3.65. The summed E-state index contributed by atoms with van der Waals surface area (Å²) in [5.41, 5.74) is 0.461. The number of nitriles is 1. The number of nitrogens with zero attached hydrogens (tertiary/aromatic N) is 3. The molecule has 1 aromatic carbocycles. The van der Waals surface area contributed by atoms with Crippen molar-refractivity contribution in [2.24, 2.45) is 0 Å². The molecular weight excluding hydrogens is 332 g/mol. The van der Waals surface area contributed by atoms with Crippen molar-refractivity contribution >= 4 is 27.4 Å². The average Bonchev–Trinajstić information content (AvgIpc) is 2.91. The van der Waals surface area contributed by atoms with Crippen LogP contribution >= 0.6 is 0 Å². The van der Waals surface area contributed by atoms with Crippen LogP contribution in [0.25, 0.3) is 0 Å². The first-order valence-corrected chi connectivity index (χ1v) is 8.86. The van der Waals surface area contributed by atoms with Crippen molar-refractivity contribution < 1.29 is 17.7 Å². The molecule has 0 saturated heterocycles. The third-order valence-electron chi connectivity index (χ3n) is 3.13. The van der Waals surface area contributed by atoms with Gasteiger partial charge in [0.15, 0.2) is 5.82 Å². The van der Waals surface area contributed by atoms with Gasteiger partial charge in [-0.05, 0) is 19.1 Å². The predicted octanol–water partition coefficient (Wildman–Crippen LogP) is 1.65. The Morgan fingerprint density at radius 3 is 2.71 bits per heavy atom. The quantitative estimate of drug-likeness (QED) is 0.848. The predicted molar refractivity (Wildman–Crippen MR) is 87.8 cm³/mol. The first kappa shape index (κ1) is 17.5. The van der Waals surface area contributed by atoms with Crippen molar-refractivity contribution in [2.45, 2.75) is 13.3 Å². The maximum absolute atomic E-state index is 12.0. The topological polar surface area (TPSA) is 116 Å². The van der Waals surface area contributed by atoms with Gasteiger partial charge in [-0.25, -0.2) is 8.42 Å². The van der Waals surface area contributed by atoms with Gasteiger partial charge in [0.05, 0.1) is 17.5 Å². The number of amides is 1. The Kier molecular flexibility index (Phi) is 5.21. The van der Waals surface area contributed by atoms with Gasteiger partial charge in [-0.1, -0.05) is 17.3 Å². The van der Waals surface area contributed by atoms with E-state index in [1.807, 2.05) is 6.07 Å². The molecule has 1 heterocycles. The van der Waals surface area contributed by atoms with Gasteiger partial charge < -0.3 is 9.84 Å². The molecule has 0 unspecified atom stereocenters. The molecule has 1 amide bonds. The van der Waals surface area contributed by atoms with Gasteiger partial charge in [0, 0.05) is 19.0 Å². The number of rotatable bonds is 6. The summed E-state index contributed by atoms with van der Waals surface area (Å²) < 4.78 is 29.9. The molecule has 0 atom stereocenters. The van der Waals surface area contributed by atoms with Crippen LogP contribution in [0.4, 0.5) is 11.5 Å². The summed E-state index contributed by atoms with van der Waals surface area (Å²) in [6, 6.07) is 9.82. The second kappa shape index (κ2) is 7.14. The number of hydrogen-bond donors (Lipinski definition) is 1. The highest BCUT2D eigenvalue weighted by Crippen LogP contribution is 2.22. The summed E-state index contributed by atoms with van der Waals surface area (Å²) in [4.78, 5) is 12.0. The Bertz CT molecular complexity index is 883. The fraction of sp³-hybridized carbons (Fsp3) is 0.267. The number of para-hydroxylation sites is 1. The van der Waals surface area contributed by atoms with Crippen molar-refractivity contribution in [3.63, 3.8) is 0 Å². The third-order valence-corrected chi connectivity index (χ3v) is 4.31. The smallest absolute Gasteiger partial charge is 0.232 e. The van der Waals surface area contributed by atoms with Crippen LogP contribution in [-0.4, -0.2) is 32.3 Å². The molecule has 0 aliphatic heterocycles. The van der Waals surface area contributed by atoms with Crippen molar-refractivity contribution in [3.05, 3.63) is 41.7 Å². The lowest BCUT2D eigenvalue weighted by atomic mass is 10.2. The van der Waals surface area contributed by atoms with Crippen LogP contribution in [0, 0.1) is 18.3 Å². The van der Waals surface area contributed by atoms with Crippen LogP contribution in [0.2, 0.25) is 0 Å². The molecule has 0 radical (unpaired) electrons. The maximum atomic E-state index is 12.0. The number of aryl methyl sites for hydroxylation is 1. The standard InChI is InChI=1S/C15H16N4O4S/c1-11-9-14(18-23-11)17-15(20)7-8-19(24(2,21)22)13-6-4-3-5-12(13)10-16/h3-6,9H,7-8H2,1-2H3,(H,17,18,20). The third kappa shape index (κ3) is 4.33. The number of carbonyl (C=O) groups excluding carboxylic acids is 1. The Labute approximate surface area is 139 Å². The van der Waals surface area contributed by atoms with Gasteiger partial charge >= 0.3 is 0 Å². The molecule has 24 heavy (non-hydrogen) atoms. The van der Waals surface area contributed by atoms with Crippen LogP contribution in [-0.2, 0) is 14.8 Å². The number of sulfonamides is 1. The highest BCUT2D eigenvalue weighted by molar-refractivity contribution is 7.92. The van der Waals surface area contributed by atoms with E-state index >= 15 is 0 Å². The fourth-order valence-electron chi connectivity index (χ4n) is 2.08. The summed E-state index contributed by atoms with van der Waals surface area (Å²) in [6.45, 7) is 1.59. The Balaban J connectivity index is 2.13. The average molecular weight is 348 g/mol. The van der Waals surface area contributed by atoms with Gasteiger partial charge in [-0.15, -0.1) is 0 Å². The van der Waals surface area contributed by atoms with Crippen molar-refractivity contribution in [2.75, 3.05) is 22.4 Å². The molecule has 0 aliphatic carbocycles. The molecule has 0 bridgehead atoms. The molecule has 9 heteroatoms. The van der Waals surface area contributed by atoms with Gasteiger partial charge in [-0.3, -0.25) is 9.10 Å². The van der Waals surface area contributed by atoms with E-state index in [0.717, 1.165) is 10.6 Å². The lowest BCUT2D eigenvalue weighted by Crippen LogP contribution is -2.33. The van der Waals surface area contributed by atoms with Crippen LogP contribution in [0.3, 0.4) is 0 Å². The van der Waals surface area contributed by atoms with Gasteiger partial charge in [-0.2, -0.15) is 5.26 Å². The second-order valence-electron chi connectivity index (χ2n) is 5.09. The summed E-state index contributed by atoms with van der Waals surface area (Å²) in [5, 5.41) is 15.3. The Hall–Kier alpha value is -2.86. The van der Waals surface area contributed by atoms with E-state index in [0.29, 0.717) is 5.76 Å². The van der Waals surface area contributed by atoms with E-state index in [9.17, 15) is 13.2 Å².